The van der Waals surface area contributed by atoms with Gasteiger partial charge in [0, 0.05) is 13.2 Å². The van der Waals surface area contributed by atoms with Crippen LogP contribution in [0.3, 0.4) is 0 Å². The zero-order valence-electron chi connectivity index (χ0n) is 10.8. The van der Waals surface area contributed by atoms with Gasteiger partial charge in [0.25, 0.3) is 0 Å². The van der Waals surface area contributed by atoms with Crippen molar-refractivity contribution in [1.29, 1.82) is 0 Å². The summed E-state index contributed by atoms with van der Waals surface area (Å²) in [6.07, 6.45) is 1.18. The van der Waals surface area contributed by atoms with Gasteiger partial charge in [0.05, 0.1) is 0 Å². The summed E-state index contributed by atoms with van der Waals surface area (Å²) in [4.78, 5) is 0. The Bertz CT molecular complexity index is 119. The highest BCUT2D eigenvalue weighted by atomic mass is 16.5. The Hall–Kier alpha value is -0.0400. The van der Waals surface area contributed by atoms with Gasteiger partial charge in [-0.05, 0) is 30.1 Å². The molecule has 0 bridgehead atoms. The minimum absolute atomic E-state index is 0.710. The van der Waals surface area contributed by atoms with Gasteiger partial charge in [0.2, 0.25) is 0 Å². The van der Waals surface area contributed by atoms with Crippen LogP contribution in [0, 0.1) is 23.7 Å². The largest absolute Gasteiger partial charge is 0.381 e. The van der Waals surface area contributed by atoms with E-state index in [0.717, 1.165) is 31.0 Å². The topological polar surface area (TPSA) is 9.23 Å². The highest BCUT2D eigenvalue weighted by Crippen LogP contribution is 2.20. The maximum absolute atomic E-state index is 5.73. The summed E-state index contributed by atoms with van der Waals surface area (Å²) in [7, 11) is 0. The summed E-state index contributed by atoms with van der Waals surface area (Å²) in [5, 5.41) is 0. The van der Waals surface area contributed by atoms with Gasteiger partial charge in [-0.2, -0.15) is 0 Å². The van der Waals surface area contributed by atoms with Gasteiger partial charge in [0.15, 0.2) is 0 Å². The summed E-state index contributed by atoms with van der Waals surface area (Å²) in [5.74, 6) is 2.93. The van der Waals surface area contributed by atoms with Crippen molar-refractivity contribution in [2.24, 2.45) is 23.7 Å². The zero-order chi connectivity index (χ0) is 11.1. The van der Waals surface area contributed by atoms with Gasteiger partial charge in [-0.15, -0.1) is 0 Å². The minimum Gasteiger partial charge on any atom is -0.381 e. The fourth-order valence-corrected chi connectivity index (χ4v) is 1.69. The maximum Gasteiger partial charge on any atom is 0.0499 e. The van der Waals surface area contributed by atoms with E-state index in [1.54, 1.807) is 0 Å². The van der Waals surface area contributed by atoms with Crippen molar-refractivity contribution in [2.45, 2.75) is 48.0 Å². The van der Waals surface area contributed by atoms with Crippen molar-refractivity contribution in [1.82, 2.24) is 0 Å². The fraction of sp³-hybridized carbons (Fsp3) is 1.00. The first-order valence-corrected chi connectivity index (χ1v) is 6.02. The standard InChI is InChI=1S/C13H28O/c1-10(2)7-8-14-9-13(11(3)4)12(5)6/h10-13H,7-9H2,1-6H3. The molecule has 0 rings (SSSR count). The lowest BCUT2D eigenvalue weighted by Gasteiger charge is -2.24. The molecule has 0 aromatic heterocycles. The van der Waals surface area contributed by atoms with Crippen LogP contribution in [0.15, 0.2) is 0 Å². The molecular formula is C13H28O. The highest BCUT2D eigenvalue weighted by molar-refractivity contribution is 4.65. The molecule has 0 aromatic carbocycles. The van der Waals surface area contributed by atoms with E-state index >= 15 is 0 Å². The fourth-order valence-electron chi connectivity index (χ4n) is 1.69. The summed E-state index contributed by atoms with van der Waals surface area (Å²) < 4.78 is 5.73. The first kappa shape index (κ1) is 14.0. The van der Waals surface area contributed by atoms with E-state index in [-0.39, 0.29) is 0 Å². The highest BCUT2D eigenvalue weighted by Gasteiger charge is 2.17. The first-order valence-electron chi connectivity index (χ1n) is 6.02. The molecule has 0 heterocycles. The monoisotopic (exact) mass is 200 g/mol. The molecule has 1 heteroatoms. The number of ether oxygens (including phenoxy) is 1. The Labute approximate surface area is 90.2 Å². The van der Waals surface area contributed by atoms with Crippen LogP contribution in [0.4, 0.5) is 0 Å². The average Bonchev–Trinajstić information content (AvgIpc) is 2.01. The minimum atomic E-state index is 0.710. The van der Waals surface area contributed by atoms with Crippen LogP contribution in [0.25, 0.3) is 0 Å². The predicted molar refractivity (Wildman–Crippen MR) is 63.4 cm³/mol. The molecule has 0 atom stereocenters. The molecule has 0 N–H and O–H groups in total. The van der Waals surface area contributed by atoms with Crippen molar-refractivity contribution in [2.75, 3.05) is 13.2 Å². The predicted octanol–water partition coefficient (Wildman–Crippen LogP) is 3.98. The lowest BCUT2D eigenvalue weighted by Crippen LogP contribution is -2.22. The molecule has 0 amide bonds. The summed E-state index contributed by atoms with van der Waals surface area (Å²) in [5.41, 5.74) is 0. The number of hydrogen-bond donors (Lipinski definition) is 0. The zero-order valence-corrected chi connectivity index (χ0v) is 10.8. The van der Waals surface area contributed by atoms with Crippen molar-refractivity contribution < 1.29 is 4.74 Å². The molecule has 0 aliphatic carbocycles. The van der Waals surface area contributed by atoms with Gasteiger partial charge < -0.3 is 4.74 Å². The molecule has 0 unspecified atom stereocenters. The molecule has 0 radical (unpaired) electrons. The van der Waals surface area contributed by atoms with Crippen molar-refractivity contribution in [3.63, 3.8) is 0 Å². The molecular weight excluding hydrogens is 172 g/mol. The molecule has 86 valence electrons. The third kappa shape index (κ3) is 6.42. The number of hydrogen-bond acceptors (Lipinski definition) is 1. The Balaban J connectivity index is 3.62. The van der Waals surface area contributed by atoms with Crippen LogP contribution in [0.2, 0.25) is 0 Å². The molecule has 0 spiro atoms. The van der Waals surface area contributed by atoms with Crippen LogP contribution in [0.5, 0.6) is 0 Å². The van der Waals surface area contributed by atoms with Crippen molar-refractivity contribution >= 4 is 0 Å². The normalized spacial score (nSPS) is 12.4. The second-order valence-electron chi connectivity index (χ2n) is 5.41. The van der Waals surface area contributed by atoms with Gasteiger partial charge in [-0.25, -0.2) is 0 Å². The Morgan fingerprint density at radius 2 is 1.36 bits per heavy atom. The Morgan fingerprint density at radius 3 is 1.71 bits per heavy atom. The molecule has 14 heavy (non-hydrogen) atoms. The van der Waals surface area contributed by atoms with E-state index in [1.807, 2.05) is 0 Å². The molecule has 0 aliphatic heterocycles. The Kier molecular flexibility index (Phi) is 7.26. The van der Waals surface area contributed by atoms with Crippen molar-refractivity contribution in [3.05, 3.63) is 0 Å². The van der Waals surface area contributed by atoms with Gasteiger partial charge >= 0.3 is 0 Å². The van der Waals surface area contributed by atoms with Crippen LogP contribution in [-0.2, 0) is 4.74 Å². The smallest absolute Gasteiger partial charge is 0.0499 e. The average molecular weight is 200 g/mol. The molecule has 0 aliphatic rings. The lowest BCUT2D eigenvalue weighted by atomic mass is 9.86. The Morgan fingerprint density at radius 1 is 0.857 bits per heavy atom. The van der Waals surface area contributed by atoms with Gasteiger partial charge in [-0.1, -0.05) is 41.5 Å². The second kappa shape index (κ2) is 7.28. The summed E-state index contributed by atoms with van der Waals surface area (Å²) in [6, 6.07) is 0. The quantitative estimate of drug-likeness (QED) is 0.565. The first-order chi connectivity index (χ1) is 6.45. The van der Waals surface area contributed by atoms with Crippen LogP contribution < -0.4 is 0 Å². The van der Waals surface area contributed by atoms with E-state index in [1.165, 1.54) is 6.42 Å². The third-order valence-electron chi connectivity index (χ3n) is 2.86. The maximum atomic E-state index is 5.73. The van der Waals surface area contributed by atoms with E-state index in [4.69, 9.17) is 4.74 Å². The van der Waals surface area contributed by atoms with Crippen LogP contribution in [0.1, 0.15) is 48.0 Å². The molecule has 1 nitrogen and oxygen atoms in total. The lowest BCUT2D eigenvalue weighted by molar-refractivity contribution is 0.0578. The van der Waals surface area contributed by atoms with Crippen LogP contribution in [-0.4, -0.2) is 13.2 Å². The van der Waals surface area contributed by atoms with Crippen molar-refractivity contribution in [3.8, 4) is 0 Å². The second-order valence-corrected chi connectivity index (χ2v) is 5.41. The van der Waals surface area contributed by atoms with Gasteiger partial charge in [-0.3, -0.25) is 0 Å². The van der Waals surface area contributed by atoms with E-state index in [0.29, 0.717) is 5.92 Å². The van der Waals surface area contributed by atoms with E-state index in [2.05, 4.69) is 41.5 Å². The SMILES string of the molecule is CC(C)CCOCC(C(C)C)C(C)C. The summed E-state index contributed by atoms with van der Waals surface area (Å²) >= 11 is 0. The van der Waals surface area contributed by atoms with E-state index < -0.39 is 0 Å². The molecule has 0 fully saturated rings. The van der Waals surface area contributed by atoms with E-state index in [9.17, 15) is 0 Å². The number of rotatable bonds is 7. The summed E-state index contributed by atoms with van der Waals surface area (Å²) in [6.45, 7) is 15.5. The molecule has 0 aromatic rings. The molecule has 0 saturated heterocycles. The molecule has 0 saturated carbocycles. The third-order valence-corrected chi connectivity index (χ3v) is 2.86. The van der Waals surface area contributed by atoms with Crippen LogP contribution >= 0.6 is 0 Å². The van der Waals surface area contributed by atoms with Gasteiger partial charge in [0.1, 0.15) is 0 Å².